The van der Waals surface area contributed by atoms with E-state index in [4.69, 9.17) is 0 Å². The molecule has 5 nitrogen and oxygen atoms in total. The number of carbonyl (C=O) groups excluding carboxylic acids is 2. The van der Waals surface area contributed by atoms with E-state index in [0.717, 1.165) is 22.6 Å². The molecule has 0 aliphatic heterocycles. The van der Waals surface area contributed by atoms with E-state index in [9.17, 15) is 14.0 Å². The molecule has 2 N–H and O–H groups in total. The van der Waals surface area contributed by atoms with Gasteiger partial charge in [0.1, 0.15) is 5.82 Å². The molecule has 3 aromatic rings. The first kappa shape index (κ1) is 19.4. The van der Waals surface area contributed by atoms with Crippen LogP contribution in [0, 0.1) is 26.6 Å². The standard InChI is InChI=1S/C22H22FN3O2/c1-13-5-6-16(21(27)24-4)12-20(13)25-22(28)19-11-14(2)26(15(19)3)18-9-7-17(23)8-10-18/h5-12H,1-4H3,(H,24,27)(H,25,28). The molecule has 1 heterocycles. The Morgan fingerprint density at radius 2 is 1.61 bits per heavy atom. The first-order chi connectivity index (χ1) is 13.3. The van der Waals surface area contributed by atoms with Crippen molar-refractivity contribution in [1.82, 2.24) is 9.88 Å². The summed E-state index contributed by atoms with van der Waals surface area (Å²) in [5.41, 5.74) is 4.83. The minimum absolute atomic E-state index is 0.218. The fourth-order valence-corrected chi connectivity index (χ4v) is 3.21. The maximum atomic E-state index is 13.2. The zero-order valence-electron chi connectivity index (χ0n) is 16.3. The Labute approximate surface area is 163 Å². The lowest BCUT2D eigenvalue weighted by molar-refractivity contribution is 0.0961. The van der Waals surface area contributed by atoms with E-state index in [1.807, 2.05) is 25.3 Å². The summed E-state index contributed by atoms with van der Waals surface area (Å²) in [4.78, 5) is 24.8. The summed E-state index contributed by atoms with van der Waals surface area (Å²) in [5, 5.41) is 5.47. The second kappa shape index (κ2) is 7.68. The van der Waals surface area contributed by atoms with Gasteiger partial charge in [0, 0.05) is 35.4 Å². The molecular weight excluding hydrogens is 357 g/mol. The number of anilines is 1. The van der Waals surface area contributed by atoms with E-state index in [1.165, 1.54) is 12.1 Å². The maximum absolute atomic E-state index is 13.2. The molecule has 0 aliphatic carbocycles. The Balaban J connectivity index is 1.93. The summed E-state index contributed by atoms with van der Waals surface area (Å²) < 4.78 is 15.1. The quantitative estimate of drug-likeness (QED) is 0.715. The zero-order chi connectivity index (χ0) is 20.4. The third kappa shape index (κ3) is 3.67. The van der Waals surface area contributed by atoms with E-state index in [0.29, 0.717) is 16.8 Å². The third-order valence-electron chi connectivity index (χ3n) is 4.74. The van der Waals surface area contributed by atoms with E-state index >= 15 is 0 Å². The first-order valence-corrected chi connectivity index (χ1v) is 8.90. The summed E-state index contributed by atoms with van der Waals surface area (Å²) in [6, 6.07) is 13.1. The molecule has 3 rings (SSSR count). The van der Waals surface area contributed by atoms with Crippen molar-refractivity contribution in [2.75, 3.05) is 12.4 Å². The van der Waals surface area contributed by atoms with Crippen LogP contribution in [0.1, 0.15) is 37.7 Å². The van der Waals surface area contributed by atoms with Crippen LogP contribution in [-0.4, -0.2) is 23.4 Å². The van der Waals surface area contributed by atoms with Gasteiger partial charge in [-0.25, -0.2) is 4.39 Å². The number of carbonyl (C=O) groups is 2. The van der Waals surface area contributed by atoms with Crippen LogP contribution < -0.4 is 10.6 Å². The van der Waals surface area contributed by atoms with Crippen molar-refractivity contribution in [3.05, 3.63) is 82.4 Å². The average Bonchev–Trinajstić information content (AvgIpc) is 2.98. The number of halogens is 1. The SMILES string of the molecule is CNC(=O)c1ccc(C)c(NC(=O)c2cc(C)n(-c3ccc(F)cc3)c2C)c1. The van der Waals surface area contributed by atoms with Gasteiger partial charge in [-0.1, -0.05) is 6.07 Å². The third-order valence-corrected chi connectivity index (χ3v) is 4.74. The van der Waals surface area contributed by atoms with E-state index in [1.54, 1.807) is 43.4 Å². The average molecular weight is 379 g/mol. The van der Waals surface area contributed by atoms with Crippen LogP contribution in [0.3, 0.4) is 0 Å². The number of amides is 2. The molecule has 0 fully saturated rings. The molecule has 0 radical (unpaired) electrons. The van der Waals surface area contributed by atoms with Gasteiger partial charge in [0.2, 0.25) is 0 Å². The molecule has 0 saturated heterocycles. The smallest absolute Gasteiger partial charge is 0.257 e. The Morgan fingerprint density at radius 1 is 0.929 bits per heavy atom. The zero-order valence-corrected chi connectivity index (χ0v) is 16.3. The summed E-state index contributed by atoms with van der Waals surface area (Å²) in [5.74, 6) is -0.792. The molecule has 6 heteroatoms. The molecule has 0 spiro atoms. The minimum atomic E-state index is -0.310. The molecule has 2 amide bonds. The van der Waals surface area contributed by atoms with Gasteiger partial charge in [-0.2, -0.15) is 0 Å². The normalized spacial score (nSPS) is 10.6. The Bertz CT molecular complexity index is 1050. The molecule has 28 heavy (non-hydrogen) atoms. The number of nitrogens with zero attached hydrogens (tertiary/aromatic N) is 1. The van der Waals surface area contributed by atoms with E-state index in [2.05, 4.69) is 10.6 Å². The van der Waals surface area contributed by atoms with Crippen LogP contribution in [-0.2, 0) is 0 Å². The number of aryl methyl sites for hydroxylation is 2. The van der Waals surface area contributed by atoms with Gasteiger partial charge in [-0.3, -0.25) is 9.59 Å². The first-order valence-electron chi connectivity index (χ1n) is 8.90. The fourth-order valence-electron chi connectivity index (χ4n) is 3.21. The second-order valence-electron chi connectivity index (χ2n) is 6.66. The lowest BCUT2D eigenvalue weighted by atomic mass is 10.1. The van der Waals surface area contributed by atoms with Gasteiger partial charge >= 0.3 is 0 Å². The Kier molecular flexibility index (Phi) is 5.31. The highest BCUT2D eigenvalue weighted by atomic mass is 19.1. The predicted molar refractivity (Wildman–Crippen MR) is 108 cm³/mol. The number of aromatic nitrogens is 1. The highest BCUT2D eigenvalue weighted by Gasteiger charge is 2.18. The number of hydrogen-bond acceptors (Lipinski definition) is 2. The van der Waals surface area contributed by atoms with Gasteiger partial charge in [-0.15, -0.1) is 0 Å². The largest absolute Gasteiger partial charge is 0.355 e. The number of hydrogen-bond donors (Lipinski definition) is 2. The van der Waals surface area contributed by atoms with Crippen LogP contribution in [0.25, 0.3) is 5.69 Å². The van der Waals surface area contributed by atoms with E-state index in [-0.39, 0.29) is 17.6 Å². The fraction of sp³-hybridized carbons (Fsp3) is 0.182. The van der Waals surface area contributed by atoms with Crippen molar-refractivity contribution >= 4 is 17.5 Å². The summed E-state index contributed by atoms with van der Waals surface area (Å²) >= 11 is 0. The van der Waals surface area contributed by atoms with Gasteiger partial charge < -0.3 is 15.2 Å². The molecule has 0 atom stereocenters. The number of benzene rings is 2. The molecule has 0 saturated carbocycles. The summed E-state index contributed by atoms with van der Waals surface area (Å²) in [6.45, 7) is 5.61. The van der Waals surface area contributed by atoms with Gasteiger partial charge in [-0.05, 0) is 68.8 Å². The Morgan fingerprint density at radius 3 is 2.25 bits per heavy atom. The van der Waals surface area contributed by atoms with Crippen LogP contribution in [0.15, 0.2) is 48.5 Å². The molecule has 0 aliphatic rings. The van der Waals surface area contributed by atoms with Crippen molar-refractivity contribution in [1.29, 1.82) is 0 Å². The molecule has 0 unspecified atom stereocenters. The van der Waals surface area contributed by atoms with Crippen molar-refractivity contribution in [3.8, 4) is 5.69 Å². The Hall–Kier alpha value is -3.41. The lowest BCUT2D eigenvalue weighted by Gasteiger charge is -2.12. The van der Waals surface area contributed by atoms with Gasteiger partial charge in [0.05, 0.1) is 5.56 Å². The number of nitrogens with one attached hydrogen (secondary N) is 2. The molecule has 2 aromatic carbocycles. The van der Waals surface area contributed by atoms with Crippen LogP contribution >= 0.6 is 0 Å². The van der Waals surface area contributed by atoms with Crippen LogP contribution in [0.4, 0.5) is 10.1 Å². The summed E-state index contributed by atoms with van der Waals surface area (Å²) in [6.07, 6.45) is 0. The van der Waals surface area contributed by atoms with Crippen molar-refractivity contribution in [2.24, 2.45) is 0 Å². The van der Waals surface area contributed by atoms with E-state index < -0.39 is 0 Å². The molecule has 144 valence electrons. The van der Waals surface area contributed by atoms with Crippen molar-refractivity contribution < 1.29 is 14.0 Å². The lowest BCUT2D eigenvalue weighted by Crippen LogP contribution is -2.19. The number of rotatable bonds is 4. The predicted octanol–water partition coefficient (Wildman–Crippen LogP) is 4.15. The van der Waals surface area contributed by atoms with Gasteiger partial charge in [0.15, 0.2) is 0 Å². The summed E-state index contributed by atoms with van der Waals surface area (Å²) in [7, 11) is 1.56. The molecule has 1 aromatic heterocycles. The maximum Gasteiger partial charge on any atom is 0.257 e. The highest BCUT2D eigenvalue weighted by molar-refractivity contribution is 6.06. The topological polar surface area (TPSA) is 63.1 Å². The molecule has 0 bridgehead atoms. The highest BCUT2D eigenvalue weighted by Crippen LogP contribution is 2.23. The van der Waals surface area contributed by atoms with Crippen LogP contribution in [0.2, 0.25) is 0 Å². The molecular formula is C22H22FN3O2. The minimum Gasteiger partial charge on any atom is -0.355 e. The van der Waals surface area contributed by atoms with Gasteiger partial charge in [0.25, 0.3) is 11.8 Å². The van der Waals surface area contributed by atoms with Crippen molar-refractivity contribution in [3.63, 3.8) is 0 Å². The van der Waals surface area contributed by atoms with Crippen molar-refractivity contribution in [2.45, 2.75) is 20.8 Å². The van der Waals surface area contributed by atoms with Crippen LogP contribution in [0.5, 0.6) is 0 Å². The second-order valence-corrected chi connectivity index (χ2v) is 6.66. The monoisotopic (exact) mass is 379 g/mol.